The van der Waals surface area contributed by atoms with Crippen molar-refractivity contribution in [3.63, 3.8) is 0 Å². The van der Waals surface area contributed by atoms with E-state index in [9.17, 15) is 25.0 Å². The Bertz CT molecular complexity index is 1630. The molecule has 0 radical (unpaired) electrons. The summed E-state index contributed by atoms with van der Waals surface area (Å²) in [6.45, 7) is 16.6. The van der Waals surface area contributed by atoms with Gasteiger partial charge in [-0.25, -0.2) is 14.8 Å². The molecule has 4 fully saturated rings. The van der Waals surface area contributed by atoms with Crippen molar-refractivity contribution in [2.45, 2.75) is 122 Å². The number of nitro groups is 2. The maximum absolute atomic E-state index is 12.3. The average molecular weight is 807 g/mol. The van der Waals surface area contributed by atoms with Gasteiger partial charge >= 0.3 is 6.09 Å². The van der Waals surface area contributed by atoms with Crippen LogP contribution >= 0.6 is 23.2 Å². The summed E-state index contributed by atoms with van der Waals surface area (Å²) >= 11 is 12.6. The molecule has 0 unspecified atom stereocenters. The Balaban J connectivity index is 0.000000218. The van der Waals surface area contributed by atoms with E-state index in [1.165, 1.54) is 56.6 Å². The van der Waals surface area contributed by atoms with Crippen molar-refractivity contribution < 1.29 is 19.4 Å². The quantitative estimate of drug-likeness (QED) is 0.189. The smallest absolute Gasteiger partial charge is 0.410 e. The average Bonchev–Trinajstić information content (AvgIpc) is 3.17. The topological polar surface area (TPSA) is 155 Å². The number of amides is 1. The Kier molecular flexibility index (Phi) is 14.8. The van der Waals surface area contributed by atoms with Gasteiger partial charge in [-0.1, -0.05) is 56.3 Å². The molecule has 55 heavy (non-hydrogen) atoms. The van der Waals surface area contributed by atoms with Gasteiger partial charge in [0.1, 0.15) is 29.6 Å². The van der Waals surface area contributed by atoms with E-state index in [2.05, 4.69) is 43.4 Å². The third-order valence-electron chi connectivity index (χ3n) is 11.3. The summed E-state index contributed by atoms with van der Waals surface area (Å²) in [6.07, 6.45) is 12.9. The largest absolute Gasteiger partial charge is 0.444 e. The molecule has 3 aliphatic heterocycles. The van der Waals surface area contributed by atoms with Gasteiger partial charge in [0, 0.05) is 88.7 Å². The van der Waals surface area contributed by atoms with Crippen molar-refractivity contribution in [3.8, 4) is 0 Å². The fourth-order valence-electron chi connectivity index (χ4n) is 8.44. The van der Waals surface area contributed by atoms with Crippen molar-refractivity contribution in [3.05, 3.63) is 54.8 Å². The Morgan fingerprint density at radius 3 is 1.56 bits per heavy atom. The second kappa shape index (κ2) is 19.1. The molecule has 2 aromatic rings. The van der Waals surface area contributed by atoms with Crippen LogP contribution in [0.1, 0.15) is 92.4 Å². The number of piperazine rings is 2. The molecule has 0 bridgehead atoms. The van der Waals surface area contributed by atoms with Gasteiger partial charge in [-0.05, 0) is 59.3 Å². The minimum absolute atomic E-state index is 0.0587. The first-order valence-electron chi connectivity index (χ1n) is 19.8. The lowest BCUT2D eigenvalue weighted by Gasteiger charge is -2.47. The number of hydrogen-bond donors (Lipinski definition) is 0. The second-order valence-electron chi connectivity index (χ2n) is 16.0. The van der Waals surface area contributed by atoms with Crippen LogP contribution in [0.4, 0.5) is 27.8 Å². The lowest BCUT2D eigenvalue weighted by molar-refractivity contribution is -0.385. The predicted molar refractivity (Wildman–Crippen MR) is 216 cm³/mol. The fraction of sp³-hybridized carbons (Fsp3) is 0.711. The summed E-state index contributed by atoms with van der Waals surface area (Å²) in [5, 5.41) is 22.5. The van der Waals surface area contributed by atoms with Gasteiger partial charge in [0.25, 0.3) is 11.4 Å². The highest BCUT2D eigenvalue weighted by molar-refractivity contribution is 6.33. The van der Waals surface area contributed by atoms with Crippen molar-refractivity contribution >= 4 is 52.3 Å². The zero-order valence-corrected chi connectivity index (χ0v) is 34.4. The number of piperidine rings is 1. The lowest BCUT2D eigenvalue weighted by atomic mass is 9.92. The monoisotopic (exact) mass is 805 g/mol. The van der Waals surface area contributed by atoms with E-state index in [4.69, 9.17) is 27.9 Å². The maximum Gasteiger partial charge on any atom is 0.410 e. The van der Waals surface area contributed by atoms with Gasteiger partial charge in [-0.2, -0.15) is 0 Å². The molecule has 2 atom stereocenters. The molecule has 6 rings (SSSR count). The van der Waals surface area contributed by atoms with E-state index in [-0.39, 0.29) is 17.5 Å². The van der Waals surface area contributed by atoms with E-state index < -0.39 is 15.4 Å². The zero-order valence-electron chi connectivity index (χ0n) is 32.9. The molecule has 0 spiro atoms. The zero-order chi connectivity index (χ0) is 39.9. The highest BCUT2D eigenvalue weighted by atomic mass is 35.5. The predicted octanol–water partition coefficient (Wildman–Crippen LogP) is 7.82. The molecule has 1 aliphatic carbocycles. The van der Waals surface area contributed by atoms with Crippen LogP contribution in [0.3, 0.4) is 0 Å². The number of nitrogens with zero attached hydrogens (tertiary/aromatic N) is 9. The molecule has 304 valence electrons. The Labute approximate surface area is 334 Å². The summed E-state index contributed by atoms with van der Waals surface area (Å²) in [4.78, 5) is 53.0. The number of ether oxygens (including phenoxy) is 1. The minimum Gasteiger partial charge on any atom is -0.444 e. The number of hydrogen-bond acceptors (Lipinski definition) is 12. The van der Waals surface area contributed by atoms with Crippen LogP contribution in [-0.4, -0.2) is 123 Å². The van der Waals surface area contributed by atoms with E-state index in [1.54, 1.807) is 4.90 Å². The molecule has 1 saturated carbocycles. The molecule has 0 aromatic carbocycles. The van der Waals surface area contributed by atoms with E-state index in [1.807, 2.05) is 20.8 Å². The number of carbonyl (C=O) groups excluding carboxylic acids is 1. The third-order valence-corrected chi connectivity index (χ3v) is 11.8. The van der Waals surface area contributed by atoms with Crippen LogP contribution in [0.15, 0.2) is 24.5 Å². The maximum atomic E-state index is 12.3. The lowest BCUT2D eigenvalue weighted by Crippen LogP contribution is -2.59. The van der Waals surface area contributed by atoms with Crippen LogP contribution in [0.2, 0.25) is 10.0 Å². The summed E-state index contributed by atoms with van der Waals surface area (Å²) in [5.41, 5.74) is -0.641. The van der Waals surface area contributed by atoms with E-state index in [0.29, 0.717) is 58.9 Å². The molecular formula is C38H57Cl2N9O6. The van der Waals surface area contributed by atoms with Crippen molar-refractivity contribution in [2.24, 2.45) is 0 Å². The number of anilines is 2. The Hall–Kier alpha value is -3.53. The molecular weight excluding hydrogens is 749 g/mol. The first kappa shape index (κ1) is 42.6. The first-order chi connectivity index (χ1) is 26.2. The third kappa shape index (κ3) is 11.1. The molecule has 1 amide bonds. The van der Waals surface area contributed by atoms with Crippen LogP contribution in [0, 0.1) is 20.2 Å². The van der Waals surface area contributed by atoms with Gasteiger partial charge in [0.15, 0.2) is 0 Å². The van der Waals surface area contributed by atoms with Gasteiger partial charge < -0.3 is 19.4 Å². The molecule has 17 heteroatoms. The minimum atomic E-state index is -0.487. The molecule has 15 nitrogen and oxygen atoms in total. The summed E-state index contributed by atoms with van der Waals surface area (Å²) in [5.74, 6) is 1.27. The van der Waals surface area contributed by atoms with E-state index >= 15 is 0 Å². The SMILES string of the molecule is CC[C@H]1CN(c2ncc([N+](=O)[O-])cc2Cl)CCN1C1CCCCC1.CC[C@H]1CN(c2ncc([N+](=O)[O-])cc2Cl)CCN1C1CCN(C(=O)OC(C)(C)C)CC1. The Morgan fingerprint density at radius 1 is 0.745 bits per heavy atom. The molecule has 0 N–H and O–H groups in total. The van der Waals surface area contributed by atoms with Crippen molar-refractivity contribution in [1.82, 2.24) is 24.7 Å². The summed E-state index contributed by atoms with van der Waals surface area (Å²) in [7, 11) is 0. The van der Waals surface area contributed by atoms with Crippen LogP contribution in [-0.2, 0) is 4.74 Å². The van der Waals surface area contributed by atoms with Crippen LogP contribution in [0.25, 0.3) is 0 Å². The van der Waals surface area contributed by atoms with Gasteiger partial charge in [-0.3, -0.25) is 30.0 Å². The van der Waals surface area contributed by atoms with Crippen molar-refractivity contribution in [1.29, 1.82) is 0 Å². The number of pyridine rings is 2. The number of rotatable bonds is 8. The summed E-state index contributed by atoms with van der Waals surface area (Å²) < 4.78 is 5.50. The second-order valence-corrected chi connectivity index (χ2v) is 16.8. The van der Waals surface area contributed by atoms with Crippen molar-refractivity contribution in [2.75, 3.05) is 62.2 Å². The number of carbonyl (C=O) groups is 1. The van der Waals surface area contributed by atoms with Crippen LogP contribution < -0.4 is 9.80 Å². The first-order valence-corrected chi connectivity index (χ1v) is 20.5. The van der Waals surface area contributed by atoms with Gasteiger partial charge in [0.05, 0.1) is 19.9 Å². The van der Waals surface area contributed by atoms with Crippen LogP contribution in [0.5, 0.6) is 0 Å². The molecule has 5 heterocycles. The number of halogens is 2. The molecule has 4 aliphatic rings. The molecule has 3 saturated heterocycles. The number of aromatic nitrogens is 2. The van der Waals surface area contributed by atoms with Gasteiger partial charge in [0.2, 0.25) is 0 Å². The standard InChI is InChI=1S/C21H32ClN5O4.C17H25ClN4O2/c1-5-15-14-25(19-18(22)12-17(13-23-19)27(29)30)10-11-26(15)16-6-8-24(9-7-16)20(28)31-21(2,3)4;1-2-13-12-20(8-9-21(13)14-6-4-3-5-7-14)17-16(18)10-15(11-19-17)22(23)24/h12-13,15-16H,5-11,14H2,1-4H3;10-11,13-14H,2-9,12H2,1H3/t15-;13-/m00/s1. The fourth-order valence-corrected chi connectivity index (χ4v) is 9.00. The number of likely N-dealkylation sites (tertiary alicyclic amines) is 1. The van der Waals surface area contributed by atoms with E-state index in [0.717, 1.165) is 65.0 Å². The highest BCUT2D eigenvalue weighted by Gasteiger charge is 2.36. The Morgan fingerprint density at radius 2 is 1.18 bits per heavy atom. The highest BCUT2D eigenvalue weighted by Crippen LogP contribution is 2.33. The summed E-state index contributed by atoms with van der Waals surface area (Å²) in [6, 6.07) is 4.73. The normalized spacial score (nSPS) is 22.2. The van der Waals surface area contributed by atoms with Gasteiger partial charge in [-0.15, -0.1) is 0 Å². The molecule has 2 aromatic heterocycles.